The van der Waals surface area contributed by atoms with Crippen molar-refractivity contribution >= 4 is 17.2 Å². The van der Waals surface area contributed by atoms with Gasteiger partial charge in [0.1, 0.15) is 17.3 Å². The van der Waals surface area contributed by atoms with Gasteiger partial charge in [-0.1, -0.05) is 6.92 Å². The number of rotatable bonds is 1. The average Bonchev–Trinajstić information content (AvgIpc) is 2.46. The molecule has 0 saturated carbocycles. The number of aliphatic imine (C=N–C) groups is 1. The summed E-state index contributed by atoms with van der Waals surface area (Å²) in [7, 11) is 0. The minimum atomic E-state index is 0.0462. The number of amidine groups is 1. The first-order valence-electron chi connectivity index (χ1n) is 7.60. The fourth-order valence-corrected chi connectivity index (χ4v) is 3.07. The highest BCUT2D eigenvalue weighted by atomic mass is 16.5. The molecule has 2 atom stereocenters. The molecule has 0 radical (unpaired) electrons. The van der Waals surface area contributed by atoms with Crippen molar-refractivity contribution in [2.24, 2.45) is 4.99 Å². The zero-order valence-corrected chi connectivity index (χ0v) is 12.3. The molecule has 0 aromatic heterocycles. The Balaban J connectivity index is 1.96. The topological polar surface area (TPSA) is 50.9 Å². The molecule has 4 nitrogen and oxygen atoms in total. The van der Waals surface area contributed by atoms with E-state index in [1.807, 2.05) is 18.2 Å². The standard InChI is InChI=1S/C16H23N3O/c1-3-14-16(19-9-5-4-6-11(19)2)18-13-8-7-12(17)10-15(13)20-14/h7-8,10-11,14H,3-6,9,17H2,1-2H3. The van der Waals surface area contributed by atoms with Crippen LogP contribution in [-0.2, 0) is 0 Å². The number of ether oxygens (including phenoxy) is 1. The molecule has 3 rings (SSSR count). The first kappa shape index (κ1) is 13.3. The Bertz CT molecular complexity index is 526. The lowest BCUT2D eigenvalue weighted by Crippen LogP contribution is -2.49. The van der Waals surface area contributed by atoms with Crippen LogP contribution in [0.4, 0.5) is 11.4 Å². The lowest BCUT2D eigenvalue weighted by atomic mass is 10.0. The normalized spacial score (nSPS) is 25.7. The molecule has 1 saturated heterocycles. The molecule has 1 aromatic carbocycles. The second kappa shape index (κ2) is 5.35. The van der Waals surface area contributed by atoms with Gasteiger partial charge in [-0.25, -0.2) is 4.99 Å². The molecular weight excluding hydrogens is 250 g/mol. The minimum Gasteiger partial charge on any atom is -0.480 e. The number of hydrogen-bond acceptors (Lipinski definition) is 4. The summed E-state index contributed by atoms with van der Waals surface area (Å²) in [5.41, 5.74) is 7.45. The second-order valence-corrected chi connectivity index (χ2v) is 5.75. The van der Waals surface area contributed by atoms with Crippen LogP contribution in [0.1, 0.15) is 39.5 Å². The third-order valence-electron chi connectivity index (χ3n) is 4.24. The predicted octanol–water partition coefficient (Wildman–Crippen LogP) is 3.34. The van der Waals surface area contributed by atoms with E-state index < -0.39 is 0 Å². The summed E-state index contributed by atoms with van der Waals surface area (Å²) >= 11 is 0. The number of nitrogen functional groups attached to an aromatic ring is 1. The number of hydrogen-bond donors (Lipinski definition) is 1. The summed E-state index contributed by atoms with van der Waals surface area (Å²) in [6, 6.07) is 6.26. The first-order valence-corrected chi connectivity index (χ1v) is 7.60. The van der Waals surface area contributed by atoms with Crippen molar-refractivity contribution in [2.75, 3.05) is 12.3 Å². The third-order valence-corrected chi connectivity index (χ3v) is 4.24. The summed E-state index contributed by atoms with van der Waals surface area (Å²) in [6.45, 7) is 5.52. The smallest absolute Gasteiger partial charge is 0.156 e. The van der Waals surface area contributed by atoms with Crippen LogP contribution in [0.2, 0.25) is 0 Å². The van der Waals surface area contributed by atoms with Crippen LogP contribution in [0.25, 0.3) is 0 Å². The molecule has 1 fully saturated rings. The Hall–Kier alpha value is -1.71. The van der Waals surface area contributed by atoms with Crippen LogP contribution in [0, 0.1) is 0 Å². The second-order valence-electron chi connectivity index (χ2n) is 5.75. The van der Waals surface area contributed by atoms with Crippen LogP contribution < -0.4 is 10.5 Å². The lowest BCUT2D eigenvalue weighted by molar-refractivity contribution is 0.196. The number of benzene rings is 1. The zero-order chi connectivity index (χ0) is 14.1. The van der Waals surface area contributed by atoms with Crippen LogP contribution >= 0.6 is 0 Å². The van der Waals surface area contributed by atoms with Gasteiger partial charge >= 0.3 is 0 Å². The summed E-state index contributed by atoms with van der Waals surface area (Å²) in [4.78, 5) is 7.30. The van der Waals surface area contributed by atoms with Gasteiger partial charge in [-0.15, -0.1) is 0 Å². The van der Waals surface area contributed by atoms with Crippen LogP contribution in [0.3, 0.4) is 0 Å². The SMILES string of the molecule is CCC1Oc2cc(N)ccc2N=C1N1CCCCC1C. The quantitative estimate of drug-likeness (QED) is 0.798. The number of fused-ring (bicyclic) bond motifs is 1. The van der Waals surface area contributed by atoms with Gasteiger partial charge in [0, 0.05) is 24.3 Å². The molecule has 20 heavy (non-hydrogen) atoms. The molecule has 0 spiro atoms. The minimum absolute atomic E-state index is 0.0462. The predicted molar refractivity (Wildman–Crippen MR) is 82.7 cm³/mol. The van der Waals surface area contributed by atoms with Crippen molar-refractivity contribution in [1.82, 2.24) is 4.90 Å². The van der Waals surface area contributed by atoms with E-state index in [1.54, 1.807) is 0 Å². The number of piperidine rings is 1. The van der Waals surface area contributed by atoms with Gasteiger partial charge in [0.2, 0.25) is 0 Å². The van der Waals surface area contributed by atoms with E-state index in [9.17, 15) is 0 Å². The Kier molecular flexibility index (Phi) is 3.55. The van der Waals surface area contributed by atoms with Gasteiger partial charge in [0.25, 0.3) is 0 Å². The molecule has 2 N–H and O–H groups in total. The van der Waals surface area contributed by atoms with E-state index in [1.165, 1.54) is 19.3 Å². The summed E-state index contributed by atoms with van der Waals surface area (Å²) < 4.78 is 6.12. The Morgan fingerprint density at radius 3 is 3.00 bits per heavy atom. The monoisotopic (exact) mass is 273 g/mol. The maximum absolute atomic E-state index is 6.12. The highest BCUT2D eigenvalue weighted by Gasteiger charge is 2.31. The van der Waals surface area contributed by atoms with E-state index in [4.69, 9.17) is 15.5 Å². The van der Waals surface area contributed by atoms with Gasteiger partial charge in [0.15, 0.2) is 6.10 Å². The number of likely N-dealkylation sites (tertiary alicyclic amines) is 1. The van der Waals surface area contributed by atoms with E-state index in [-0.39, 0.29) is 6.10 Å². The average molecular weight is 273 g/mol. The number of anilines is 1. The Morgan fingerprint density at radius 2 is 2.25 bits per heavy atom. The molecule has 0 aliphatic carbocycles. The Labute approximate surface area is 120 Å². The van der Waals surface area contributed by atoms with Crippen molar-refractivity contribution in [3.8, 4) is 5.75 Å². The molecule has 2 unspecified atom stereocenters. The highest BCUT2D eigenvalue weighted by Crippen LogP contribution is 2.36. The molecule has 2 heterocycles. The van der Waals surface area contributed by atoms with E-state index in [0.29, 0.717) is 6.04 Å². The molecule has 2 aliphatic rings. The van der Waals surface area contributed by atoms with Crippen molar-refractivity contribution in [1.29, 1.82) is 0 Å². The van der Waals surface area contributed by atoms with Gasteiger partial charge < -0.3 is 15.4 Å². The highest BCUT2D eigenvalue weighted by molar-refractivity contribution is 5.92. The zero-order valence-electron chi connectivity index (χ0n) is 12.3. The molecule has 0 amide bonds. The lowest BCUT2D eigenvalue weighted by Gasteiger charge is -2.40. The largest absolute Gasteiger partial charge is 0.480 e. The molecule has 108 valence electrons. The van der Waals surface area contributed by atoms with Gasteiger partial charge in [-0.05, 0) is 44.7 Å². The molecule has 0 bridgehead atoms. The van der Waals surface area contributed by atoms with Crippen molar-refractivity contribution in [2.45, 2.75) is 51.7 Å². The summed E-state index contributed by atoms with van der Waals surface area (Å²) in [5, 5.41) is 0. The fraction of sp³-hybridized carbons (Fsp3) is 0.562. The summed E-state index contributed by atoms with van der Waals surface area (Å²) in [6.07, 6.45) is 4.77. The molecule has 4 heteroatoms. The summed E-state index contributed by atoms with van der Waals surface area (Å²) in [5.74, 6) is 1.90. The molecule has 1 aromatic rings. The van der Waals surface area contributed by atoms with Crippen LogP contribution in [0.5, 0.6) is 5.75 Å². The molecular formula is C16H23N3O. The number of nitrogens with zero attached hydrogens (tertiary/aromatic N) is 2. The van der Waals surface area contributed by atoms with E-state index in [2.05, 4.69) is 18.7 Å². The van der Waals surface area contributed by atoms with Crippen LogP contribution in [-0.4, -0.2) is 29.4 Å². The van der Waals surface area contributed by atoms with Gasteiger partial charge in [-0.2, -0.15) is 0 Å². The van der Waals surface area contributed by atoms with E-state index in [0.717, 1.165) is 35.9 Å². The maximum Gasteiger partial charge on any atom is 0.156 e. The van der Waals surface area contributed by atoms with Crippen molar-refractivity contribution < 1.29 is 4.74 Å². The van der Waals surface area contributed by atoms with Crippen molar-refractivity contribution in [3.63, 3.8) is 0 Å². The van der Waals surface area contributed by atoms with Gasteiger partial charge in [-0.3, -0.25) is 0 Å². The van der Waals surface area contributed by atoms with Crippen molar-refractivity contribution in [3.05, 3.63) is 18.2 Å². The maximum atomic E-state index is 6.12. The third kappa shape index (κ3) is 2.35. The Morgan fingerprint density at radius 1 is 1.40 bits per heavy atom. The number of nitrogens with two attached hydrogens (primary N) is 1. The fourth-order valence-electron chi connectivity index (χ4n) is 3.07. The molecule has 2 aliphatic heterocycles. The van der Waals surface area contributed by atoms with Crippen LogP contribution in [0.15, 0.2) is 23.2 Å². The first-order chi connectivity index (χ1) is 9.69. The van der Waals surface area contributed by atoms with Gasteiger partial charge in [0.05, 0.1) is 0 Å². The van der Waals surface area contributed by atoms with E-state index >= 15 is 0 Å².